The summed E-state index contributed by atoms with van der Waals surface area (Å²) in [5.74, 6) is 0.775. The molecule has 3 unspecified atom stereocenters. The minimum absolute atomic E-state index is 0.102. The monoisotopic (exact) mass is 1270 g/mol. The molecule has 0 aliphatic heterocycles. The Hall–Kier alpha value is -1.94. The number of phosphoric acid groups is 2. The predicted molar refractivity (Wildman–Crippen MR) is 344 cm³/mol. The molecule has 0 amide bonds. The minimum Gasteiger partial charge on any atom is -0.462 e. The van der Waals surface area contributed by atoms with Crippen LogP contribution >= 0.6 is 15.6 Å². The number of unbranched alkanes of at least 4 members (excludes halogenated alkanes) is 29. The SMILES string of the molecule is CCC(C)CCCCCCCCC(=O)OC[C@H](COP(=O)(O)OC[C@H](O)COP(=O)(O)OC[C@@H](COC(=O)CCCCCCCCCCCCCCCC(C)C)OC(=O)CCCCCCCCCC(C)C)OC(=O)CCCCCCCCCC(C)C. The van der Waals surface area contributed by atoms with Gasteiger partial charge < -0.3 is 33.8 Å². The van der Waals surface area contributed by atoms with Gasteiger partial charge in [0.25, 0.3) is 0 Å². The van der Waals surface area contributed by atoms with Crippen molar-refractivity contribution in [3.8, 4) is 0 Å². The Bertz CT molecular complexity index is 1720. The van der Waals surface area contributed by atoms with Crippen LogP contribution in [-0.4, -0.2) is 96.7 Å². The molecule has 0 fully saturated rings. The van der Waals surface area contributed by atoms with E-state index in [-0.39, 0.29) is 25.7 Å². The summed E-state index contributed by atoms with van der Waals surface area (Å²) in [6.07, 6.45) is 37.8. The van der Waals surface area contributed by atoms with E-state index in [1.165, 1.54) is 122 Å². The normalized spacial score (nSPS) is 14.7. The Balaban J connectivity index is 5.21. The van der Waals surface area contributed by atoms with Gasteiger partial charge in [0.2, 0.25) is 0 Å². The van der Waals surface area contributed by atoms with Crippen LogP contribution in [0.25, 0.3) is 0 Å². The Morgan fingerprint density at radius 3 is 0.826 bits per heavy atom. The van der Waals surface area contributed by atoms with E-state index in [0.29, 0.717) is 37.5 Å². The summed E-state index contributed by atoms with van der Waals surface area (Å²) < 4.78 is 68.1. The maximum atomic E-state index is 13.0. The molecule has 0 radical (unpaired) electrons. The summed E-state index contributed by atoms with van der Waals surface area (Å²) in [4.78, 5) is 72.3. The zero-order valence-electron chi connectivity index (χ0n) is 55.9. The van der Waals surface area contributed by atoms with Crippen LogP contribution in [0.3, 0.4) is 0 Å². The predicted octanol–water partition coefficient (Wildman–Crippen LogP) is 18.5. The molecule has 0 rings (SSSR count). The van der Waals surface area contributed by atoms with E-state index >= 15 is 0 Å². The van der Waals surface area contributed by atoms with Gasteiger partial charge >= 0.3 is 39.5 Å². The molecule has 6 atom stereocenters. The number of esters is 4. The van der Waals surface area contributed by atoms with Crippen molar-refractivity contribution in [1.82, 2.24) is 0 Å². The van der Waals surface area contributed by atoms with Crippen LogP contribution in [0.4, 0.5) is 0 Å². The molecule has 0 saturated carbocycles. The van der Waals surface area contributed by atoms with E-state index in [9.17, 15) is 43.2 Å². The third kappa shape index (κ3) is 59.7. The molecule has 0 aliphatic carbocycles. The van der Waals surface area contributed by atoms with Gasteiger partial charge in [-0.15, -0.1) is 0 Å². The second kappa shape index (κ2) is 57.0. The summed E-state index contributed by atoms with van der Waals surface area (Å²) in [7, 11) is -9.89. The molecule has 3 N–H and O–H groups in total. The Morgan fingerprint density at radius 2 is 0.558 bits per heavy atom. The molecule has 17 nitrogen and oxygen atoms in total. The van der Waals surface area contributed by atoms with Crippen LogP contribution in [0, 0.1) is 23.7 Å². The van der Waals surface area contributed by atoms with Gasteiger partial charge in [-0.1, -0.05) is 274 Å². The number of rotatable bonds is 64. The van der Waals surface area contributed by atoms with E-state index in [4.69, 9.17) is 37.0 Å². The molecule has 0 aromatic carbocycles. The van der Waals surface area contributed by atoms with Gasteiger partial charge in [0.1, 0.15) is 19.3 Å². The zero-order valence-corrected chi connectivity index (χ0v) is 57.7. The average molecular weight is 1270 g/mol. The highest BCUT2D eigenvalue weighted by atomic mass is 31.2. The lowest BCUT2D eigenvalue weighted by atomic mass is 10.00. The lowest BCUT2D eigenvalue weighted by Crippen LogP contribution is -2.30. The second-order valence-electron chi connectivity index (χ2n) is 25.9. The Kier molecular flexibility index (Phi) is 55.7. The number of ether oxygens (including phenoxy) is 4. The van der Waals surface area contributed by atoms with Crippen molar-refractivity contribution in [2.75, 3.05) is 39.6 Å². The topological polar surface area (TPSA) is 237 Å². The molecule has 0 aromatic rings. The third-order valence-electron chi connectivity index (χ3n) is 15.7. The van der Waals surface area contributed by atoms with Crippen LogP contribution < -0.4 is 0 Å². The number of phosphoric ester groups is 2. The number of aliphatic hydroxyl groups is 1. The van der Waals surface area contributed by atoms with E-state index in [2.05, 4.69) is 55.4 Å². The standard InChI is InChI=1S/C67H130O17P2/c1-9-60(8)46-38-30-25-26-32-40-48-65(70)78-54-63(84-67(72)50-42-34-24-18-21-29-37-45-59(6)7)56-82-86(75,76)80-52-61(68)51-79-85(73,74)81-55-62(83-66(71)49-41-33-23-17-20-28-36-44-58(4)5)53-77-64(69)47-39-31-22-16-14-12-10-11-13-15-19-27-35-43-57(2)3/h57-63,68H,9-56H2,1-8H3,(H,73,74)(H,75,76)/t60?,61-,62-,63-/m1/s1. The highest BCUT2D eigenvalue weighted by Gasteiger charge is 2.30. The fraction of sp³-hybridized carbons (Fsp3) is 0.940. The molecule has 86 heavy (non-hydrogen) atoms. The van der Waals surface area contributed by atoms with E-state index < -0.39 is 97.5 Å². The number of hydrogen-bond acceptors (Lipinski definition) is 15. The largest absolute Gasteiger partial charge is 0.472 e. The smallest absolute Gasteiger partial charge is 0.462 e. The molecule has 0 saturated heterocycles. The Labute approximate surface area is 524 Å². The van der Waals surface area contributed by atoms with Gasteiger partial charge in [-0.2, -0.15) is 0 Å². The van der Waals surface area contributed by atoms with Crippen LogP contribution in [0.5, 0.6) is 0 Å². The maximum Gasteiger partial charge on any atom is 0.472 e. The van der Waals surface area contributed by atoms with E-state index in [1.807, 2.05) is 0 Å². The van der Waals surface area contributed by atoms with Crippen LogP contribution in [0.2, 0.25) is 0 Å². The van der Waals surface area contributed by atoms with Crippen molar-refractivity contribution in [3.05, 3.63) is 0 Å². The molecule has 0 spiro atoms. The molecule has 19 heteroatoms. The first kappa shape index (κ1) is 84.1. The van der Waals surface area contributed by atoms with Gasteiger partial charge in [0.05, 0.1) is 26.4 Å². The van der Waals surface area contributed by atoms with E-state index in [0.717, 1.165) is 108 Å². The highest BCUT2D eigenvalue weighted by molar-refractivity contribution is 7.47. The first-order chi connectivity index (χ1) is 41.1. The lowest BCUT2D eigenvalue weighted by Gasteiger charge is -2.21. The van der Waals surface area contributed by atoms with Crippen LogP contribution in [0.1, 0.15) is 325 Å². The summed E-state index contributed by atoms with van der Waals surface area (Å²) in [5.41, 5.74) is 0. The fourth-order valence-corrected chi connectivity index (χ4v) is 11.5. The minimum atomic E-state index is -4.95. The fourth-order valence-electron chi connectivity index (χ4n) is 9.93. The number of carbonyl (C=O) groups is 4. The van der Waals surface area contributed by atoms with Crippen molar-refractivity contribution in [1.29, 1.82) is 0 Å². The van der Waals surface area contributed by atoms with Crippen LogP contribution in [-0.2, 0) is 65.4 Å². The summed E-state index contributed by atoms with van der Waals surface area (Å²) >= 11 is 0. The van der Waals surface area contributed by atoms with Crippen molar-refractivity contribution in [2.24, 2.45) is 23.7 Å². The molecule has 0 bridgehead atoms. The van der Waals surface area contributed by atoms with Crippen LogP contribution in [0.15, 0.2) is 0 Å². The zero-order chi connectivity index (χ0) is 63.9. The molecule has 510 valence electrons. The van der Waals surface area contributed by atoms with Gasteiger partial charge in [0, 0.05) is 25.7 Å². The average Bonchev–Trinajstić information content (AvgIpc) is 3.60. The first-order valence-corrected chi connectivity index (χ1v) is 37.7. The van der Waals surface area contributed by atoms with Gasteiger partial charge in [0.15, 0.2) is 12.2 Å². The molecule has 0 aromatic heterocycles. The summed E-state index contributed by atoms with van der Waals surface area (Å²) in [6.45, 7) is 14.0. The first-order valence-electron chi connectivity index (χ1n) is 34.7. The maximum absolute atomic E-state index is 13.0. The third-order valence-corrected chi connectivity index (χ3v) is 17.6. The van der Waals surface area contributed by atoms with Crippen molar-refractivity contribution in [2.45, 2.75) is 343 Å². The quantitative estimate of drug-likeness (QED) is 0.0222. The Morgan fingerprint density at radius 1 is 0.326 bits per heavy atom. The second-order valence-corrected chi connectivity index (χ2v) is 28.8. The highest BCUT2D eigenvalue weighted by Crippen LogP contribution is 2.45. The summed E-state index contributed by atoms with van der Waals surface area (Å²) in [6, 6.07) is 0. The van der Waals surface area contributed by atoms with E-state index in [1.54, 1.807) is 0 Å². The van der Waals surface area contributed by atoms with Crippen molar-refractivity contribution in [3.63, 3.8) is 0 Å². The molecular weight excluding hydrogens is 1140 g/mol. The van der Waals surface area contributed by atoms with Gasteiger partial charge in [-0.25, -0.2) is 9.13 Å². The molecule has 0 heterocycles. The molecular formula is C67H130O17P2. The molecule has 0 aliphatic rings. The van der Waals surface area contributed by atoms with Crippen molar-refractivity contribution < 1.29 is 80.2 Å². The van der Waals surface area contributed by atoms with Gasteiger partial charge in [-0.05, 0) is 49.4 Å². The number of hydrogen-bond donors (Lipinski definition) is 3. The van der Waals surface area contributed by atoms with Crippen molar-refractivity contribution >= 4 is 39.5 Å². The lowest BCUT2D eigenvalue weighted by molar-refractivity contribution is -0.161. The summed E-state index contributed by atoms with van der Waals surface area (Å²) in [5, 5.41) is 10.6. The van der Waals surface area contributed by atoms with Gasteiger partial charge in [-0.3, -0.25) is 37.3 Å². The number of carbonyl (C=O) groups excluding carboxylic acids is 4. The number of aliphatic hydroxyl groups excluding tert-OH is 1.